The number of nitrogens with zero attached hydrogens (tertiary/aromatic N) is 1. The molecule has 1 aromatic rings. The van der Waals surface area contributed by atoms with Crippen molar-refractivity contribution in [3.63, 3.8) is 0 Å². The van der Waals surface area contributed by atoms with Gasteiger partial charge in [-0.1, -0.05) is 0 Å². The van der Waals surface area contributed by atoms with Crippen LogP contribution >= 0.6 is 11.8 Å². The van der Waals surface area contributed by atoms with E-state index in [9.17, 15) is 13.2 Å². The molecule has 19 heavy (non-hydrogen) atoms. The van der Waals surface area contributed by atoms with Gasteiger partial charge in [-0.05, 0) is 25.0 Å². The maximum atomic E-state index is 12.8. The third-order valence-electron chi connectivity index (χ3n) is 2.84. The van der Waals surface area contributed by atoms with Crippen LogP contribution in [0.4, 0.5) is 19.0 Å². The van der Waals surface area contributed by atoms with Crippen molar-refractivity contribution >= 4 is 17.6 Å². The van der Waals surface area contributed by atoms with E-state index in [1.54, 1.807) is 7.05 Å². The first-order chi connectivity index (χ1) is 8.99. The SMILES string of the molecule is CNc1cc(C(F)(F)F)cc(SC2CCOCC2)n1. The fourth-order valence-corrected chi connectivity index (χ4v) is 2.94. The number of thioether (sulfide) groups is 1. The summed E-state index contributed by atoms with van der Waals surface area (Å²) in [6.45, 7) is 1.32. The van der Waals surface area contributed by atoms with Crippen LogP contribution in [0.25, 0.3) is 0 Å². The highest BCUT2D eigenvalue weighted by atomic mass is 32.2. The van der Waals surface area contributed by atoms with Crippen molar-refractivity contribution in [2.45, 2.75) is 29.3 Å². The van der Waals surface area contributed by atoms with E-state index in [0.717, 1.165) is 25.0 Å². The van der Waals surface area contributed by atoms with Crippen LogP contribution in [0.3, 0.4) is 0 Å². The Morgan fingerprint density at radius 1 is 1.32 bits per heavy atom. The number of anilines is 1. The minimum absolute atomic E-state index is 0.240. The summed E-state index contributed by atoms with van der Waals surface area (Å²) in [5.41, 5.74) is -0.665. The summed E-state index contributed by atoms with van der Waals surface area (Å²) in [7, 11) is 1.56. The van der Waals surface area contributed by atoms with Gasteiger partial charge in [0.2, 0.25) is 0 Å². The number of rotatable bonds is 3. The molecule has 1 aromatic heterocycles. The number of hydrogen-bond acceptors (Lipinski definition) is 4. The van der Waals surface area contributed by atoms with Gasteiger partial charge in [-0.3, -0.25) is 0 Å². The van der Waals surface area contributed by atoms with E-state index in [0.29, 0.717) is 18.2 Å². The van der Waals surface area contributed by atoms with Crippen LogP contribution in [0.5, 0.6) is 0 Å². The molecule has 0 spiro atoms. The Hall–Kier alpha value is -0.950. The summed E-state index contributed by atoms with van der Waals surface area (Å²) >= 11 is 1.39. The molecule has 2 rings (SSSR count). The predicted molar refractivity (Wildman–Crippen MR) is 68.5 cm³/mol. The summed E-state index contributed by atoms with van der Waals surface area (Å²) in [4.78, 5) is 4.17. The number of pyridine rings is 1. The van der Waals surface area contributed by atoms with Gasteiger partial charge in [0, 0.05) is 25.5 Å². The van der Waals surface area contributed by atoms with E-state index in [4.69, 9.17) is 4.74 Å². The first kappa shape index (κ1) is 14.5. The third-order valence-corrected chi connectivity index (χ3v) is 4.10. The minimum Gasteiger partial charge on any atom is -0.381 e. The number of ether oxygens (including phenoxy) is 1. The van der Waals surface area contributed by atoms with Gasteiger partial charge in [0.15, 0.2) is 0 Å². The molecule has 3 nitrogen and oxygen atoms in total. The van der Waals surface area contributed by atoms with Gasteiger partial charge in [-0.15, -0.1) is 11.8 Å². The molecule has 0 aromatic carbocycles. The van der Waals surface area contributed by atoms with Gasteiger partial charge < -0.3 is 10.1 Å². The van der Waals surface area contributed by atoms with Crippen LogP contribution in [0.15, 0.2) is 17.2 Å². The summed E-state index contributed by atoms with van der Waals surface area (Å²) in [6, 6.07) is 2.13. The quantitative estimate of drug-likeness (QED) is 0.925. The van der Waals surface area contributed by atoms with Gasteiger partial charge in [0.05, 0.1) is 10.6 Å². The van der Waals surface area contributed by atoms with Gasteiger partial charge in [0.1, 0.15) is 5.82 Å². The maximum absolute atomic E-state index is 12.8. The molecule has 1 saturated heterocycles. The highest BCUT2D eigenvalue weighted by Gasteiger charge is 2.32. The Bertz CT molecular complexity index is 433. The molecule has 0 atom stereocenters. The van der Waals surface area contributed by atoms with Crippen LogP contribution in [0, 0.1) is 0 Å². The molecule has 0 radical (unpaired) electrons. The Kier molecular flexibility index (Phi) is 4.57. The van der Waals surface area contributed by atoms with Crippen molar-refractivity contribution in [2.24, 2.45) is 0 Å². The van der Waals surface area contributed by atoms with E-state index < -0.39 is 11.7 Å². The standard InChI is InChI=1S/C12H15F3N2OS/c1-16-10-6-8(12(13,14)15)7-11(17-10)19-9-2-4-18-5-3-9/h6-7,9H,2-5H2,1H3,(H,16,17). The first-order valence-corrected chi connectivity index (χ1v) is 6.88. The fraction of sp³-hybridized carbons (Fsp3) is 0.583. The molecule has 1 N–H and O–H groups in total. The van der Waals surface area contributed by atoms with Crippen LogP contribution in [0.2, 0.25) is 0 Å². The molecule has 0 amide bonds. The van der Waals surface area contributed by atoms with Crippen LogP contribution < -0.4 is 5.32 Å². The second-order valence-electron chi connectivity index (χ2n) is 4.26. The second kappa shape index (κ2) is 6.00. The Morgan fingerprint density at radius 3 is 2.58 bits per heavy atom. The molecule has 106 valence electrons. The molecule has 0 aliphatic carbocycles. The van der Waals surface area contributed by atoms with Crippen molar-refractivity contribution in [1.82, 2.24) is 4.98 Å². The summed E-state index contributed by atoms with van der Waals surface area (Å²) in [6.07, 6.45) is -2.66. The lowest BCUT2D eigenvalue weighted by atomic mass is 10.2. The zero-order valence-corrected chi connectivity index (χ0v) is 11.3. The van der Waals surface area contributed by atoms with Gasteiger partial charge in [-0.2, -0.15) is 13.2 Å². The average molecular weight is 292 g/mol. The van der Waals surface area contributed by atoms with Gasteiger partial charge in [0.25, 0.3) is 0 Å². The predicted octanol–water partition coefficient (Wildman–Crippen LogP) is 3.41. The molecule has 0 unspecified atom stereocenters. The zero-order valence-electron chi connectivity index (χ0n) is 10.5. The van der Waals surface area contributed by atoms with Crippen LogP contribution in [0.1, 0.15) is 18.4 Å². The van der Waals surface area contributed by atoms with Crippen molar-refractivity contribution < 1.29 is 17.9 Å². The van der Waals surface area contributed by atoms with Crippen molar-refractivity contribution in [1.29, 1.82) is 0 Å². The average Bonchev–Trinajstić information content (AvgIpc) is 2.38. The normalized spacial score (nSPS) is 17.5. The molecule has 0 bridgehead atoms. The Labute approximate surface area is 113 Å². The van der Waals surface area contributed by atoms with Crippen molar-refractivity contribution in [3.05, 3.63) is 17.7 Å². The summed E-state index contributed by atoms with van der Waals surface area (Å²) < 4.78 is 43.6. The lowest BCUT2D eigenvalue weighted by molar-refractivity contribution is -0.137. The topological polar surface area (TPSA) is 34.1 Å². The van der Waals surface area contributed by atoms with E-state index in [1.165, 1.54) is 11.8 Å². The third kappa shape index (κ3) is 4.01. The number of halogens is 3. The van der Waals surface area contributed by atoms with Gasteiger partial charge >= 0.3 is 6.18 Å². The Balaban J connectivity index is 2.19. The number of alkyl halides is 3. The molecule has 1 fully saturated rings. The summed E-state index contributed by atoms with van der Waals surface area (Å²) in [5.74, 6) is 0.240. The molecule has 2 heterocycles. The number of nitrogens with one attached hydrogen (secondary N) is 1. The maximum Gasteiger partial charge on any atom is 0.416 e. The minimum atomic E-state index is -4.35. The molecule has 7 heteroatoms. The largest absolute Gasteiger partial charge is 0.416 e. The van der Waals surface area contributed by atoms with Crippen molar-refractivity contribution in [2.75, 3.05) is 25.6 Å². The van der Waals surface area contributed by atoms with Crippen LogP contribution in [-0.4, -0.2) is 30.5 Å². The smallest absolute Gasteiger partial charge is 0.381 e. The van der Waals surface area contributed by atoms with E-state index in [1.807, 2.05) is 0 Å². The Morgan fingerprint density at radius 2 is 2.00 bits per heavy atom. The van der Waals surface area contributed by atoms with Crippen LogP contribution in [-0.2, 0) is 10.9 Å². The molecule has 0 saturated carbocycles. The first-order valence-electron chi connectivity index (χ1n) is 6.00. The fourth-order valence-electron chi connectivity index (χ4n) is 1.82. The van der Waals surface area contributed by atoms with E-state index >= 15 is 0 Å². The monoisotopic (exact) mass is 292 g/mol. The highest BCUT2D eigenvalue weighted by Crippen LogP contribution is 2.35. The molecule has 1 aliphatic rings. The number of aromatic nitrogens is 1. The van der Waals surface area contributed by atoms with E-state index in [-0.39, 0.29) is 11.1 Å². The molecule has 1 aliphatic heterocycles. The highest BCUT2D eigenvalue weighted by molar-refractivity contribution is 7.99. The number of hydrogen-bond donors (Lipinski definition) is 1. The van der Waals surface area contributed by atoms with E-state index in [2.05, 4.69) is 10.3 Å². The zero-order chi connectivity index (χ0) is 13.9. The lowest BCUT2D eigenvalue weighted by Gasteiger charge is -2.21. The molecular formula is C12H15F3N2OS. The van der Waals surface area contributed by atoms with Gasteiger partial charge in [-0.25, -0.2) is 4.98 Å². The second-order valence-corrected chi connectivity index (χ2v) is 5.58. The molecular weight excluding hydrogens is 277 g/mol. The lowest BCUT2D eigenvalue weighted by Crippen LogP contribution is -2.17. The summed E-state index contributed by atoms with van der Waals surface area (Å²) in [5, 5.41) is 3.35. The van der Waals surface area contributed by atoms with Crippen molar-refractivity contribution in [3.8, 4) is 0 Å².